The lowest BCUT2D eigenvalue weighted by atomic mass is 9.87. The highest BCUT2D eigenvalue weighted by Gasteiger charge is 2.35. The summed E-state index contributed by atoms with van der Waals surface area (Å²) < 4.78 is 32.2. The number of anilines is 1. The zero-order valence-electron chi connectivity index (χ0n) is 19.2. The molecule has 1 fully saturated rings. The number of thiophene rings is 1. The molecule has 180 valence electrons. The molecule has 0 atom stereocenters. The normalized spacial score (nSPS) is 18.1. The van der Waals surface area contributed by atoms with Crippen molar-refractivity contribution >= 4 is 33.3 Å². The predicted molar refractivity (Wildman–Crippen MR) is 127 cm³/mol. The summed E-state index contributed by atoms with van der Waals surface area (Å²) >= 11 is 1.37. The number of carbonyl (C=O) groups is 1. The van der Waals surface area contributed by atoms with Crippen molar-refractivity contribution < 1.29 is 18.3 Å². The first-order valence-corrected chi connectivity index (χ1v) is 12.3. The van der Waals surface area contributed by atoms with Crippen LogP contribution in [0.15, 0.2) is 18.6 Å². The number of fused-ring (bicyclic) bond motifs is 2. The molecule has 0 spiro atoms. The van der Waals surface area contributed by atoms with Crippen LogP contribution in [-0.2, 0) is 13.0 Å². The van der Waals surface area contributed by atoms with E-state index in [2.05, 4.69) is 20.3 Å². The maximum atomic E-state index is 13.5. The number of ether oxygens (including phenoxy) is 1. The van der Waals surface area contributed by atoms with E-state index in [4.69, 9.17) is 4.74 Å². The Kier molecular flexibility index (Phi) is 6.09. The van der Waals surface area contributed by atoms with Gasteiger partial charge in [-0.25, -0.2) is 23.7 Å². The number of pyridine rings is 1. The highest BCUT2D eigenvalue weighted by Crippen LogP contribution is 2.38. The highest BCUT2D eigenvalue weighted by molar-refractivity contribution is 7.20. The van der Waals surface area contributed by atoms with Gasteiger partial charge in [-0.05, 0) is 48.8 Å². The number of halogens is 2. The smallest absolute Gasteiger partial charge is 0.264 e. The van der Waals surface area contributed by atoms with E-state index >= 15 is 0 Å². The Labute approximate surface area is 200 Å². The fraction of sp³-hybridized carbons (Fsp3) is 0.500. The Morgan fingerprint density at radius 1 is 1.26 bits per heavy atom. The van der Waals surface area contributed by atoms with Gasteiger partial charge in [0.2, 0.25) is 11.8 Å². The molecule has 0 aromatic carbocycles. The number of methoxy groups -OCH3 is 1. The largest absolute Gasteiger partial charge is 0.481 e. The quantitative estimate of drug-likeness (QED) is 0.555. The summed E-state index contributed by atoms with van der Waals surface area (Å²) in [6.07, 6.45) is 4.93. The van der Waals surface area contributed by atoms with Gasteiger partial charge in [0.15, 0.2) is 0 Å². The first-order chi connectivity index (χ1) is 16.3. The van der Waals surface area contributed by atoms with Crippen LogP contribution in [0.25, 0.3) is 10.2 Å². The maximum absolute atomic E-state index is 13.5. The Balaban J connectivity index is 1.34. The summed E-state index contributed by atoms with van der Waals surface area (Å²) in [5.41, 5.74) is 3.03. The number of hydrogen-bond acceptors (Lipinski definition) is 7. The van der Waals surface area contributed by atoms with Gasteiger partial charge in [-0.1, -0.05) is 0 Å². The fourth-order valence-corrected chi connectivity index (χ4v) is 5.92. The van der Waals surface area contributed by atoms with Gasteiger partial charge in [-0.2, -0.15) is 0 Å². The summed E-state index contributed by atoms with van der Waals surface area (Å²) in [7, 11) is 1.58. The summed E-state index contributed by atoms with van der Waals surface area (Å²) in [5, 5.41) is 4.18. The van der Waals surface area contributed by atoms with Crippen molar-refractivity contribution in [1.82, 2.24) is 19.9 Å². The molecule has 7 nitrogen and oxygen atoms in total. The third-order valence-electron chi connectivity index (χ3n) is 6.88. The Bertz CT molecular complexity index is 1220. The van der Waals surface area contributed by atoms with Crippen LogP contribution in [0.5, 0.6) is 5.88 Å². The van der Waals surface area contributed by atoms with Crippen LogP contribution >= 0.6 is 11.3 Å². The van der Waals surface area contributed by atoms with E-state index in [9.17, 15) is 13.6 Å². The molecule has 10 heteroatoms. The molecule has 1 N–H and O–H groups in total. The molecule has 5 rings (SSSR count). The Morgan fingerprint density at radius 2 is 2.06 bits per heavy atom. The van der Waals surface area contributed by atoms with Crippen molar-refractivity contribution in [3.8, 4) is 5.88 Å². The summed E-state index contributed by atoms with van der Waals surface area (Å²) in [6, 6.07) is 1.89. The van der Waals surface area contributed by atoms with Gasteiger partial charge < -0.3 is 15.0 Å². The van der Waals surface area contributed by atoms with E-state index < -0.39 is 5.92 Å². The Morgan fingerprint density at radius 3 is 2.82 bits per heavy atom. The first kappa shape index (κ1) is 22.9. The third-order valence-corrected chi connectivity index (χ3v) is 8.07. The second kappa shape index (κ2) is 9.05. The number of rotatable bonds is 5. The van der Waals surface area contributed by atoms with Crippen LogP contribution in [0.3, 0.4) is 0 Å². The van der Waals surface area contributed by atoms with Gasteiger partial charge in [0, 0.05) is 44.7 Å². The van der Waals surface area contributed by atoms with Crippen LogP contribution in [0.4, 0.5) is 14.6 Å². The molecule has 0 bridgehead atoms. The molecule has 1 saturated carbocycles. The summed E-state index contributed by atoms with van der Waals surface area (Å²) in [5.74, 6) is -1.17. The summed E-state index contributed by atoms with van der Waals surface area (Å²) in [6.45, 7) is 3.63. The van der Waals surface area contributed by atoms with E-state index in [-0.39, 0.29) is 24.7 Å². The molecule has 4 heterocycles. The van der Waals surface area contributed by atoms with Crippen molar-refractivity contribution in [3.05, 3.63) is 40.2 Å². The molecule has 3 aromatic heterocycles. The molecule has 0 unspecified atom stereocenters. The molecule has 34 heavy (non-hydrogen) atoms. The van der Waals surface area contributed by atoms with Crippen LogP contribution < -0.4 is 10.1 Å². The van der Waals surface area contributed by atoms with Crippen molar-refractivity contribution in [2.75, 3.05) is 25.5 Å². The van der Waals surface area contributed by atoms with Gasteiger partial charge >= 0.3 is 0 Å². The van der Waals surface area contributed by atoms with Crippen LogP contribution in [0.1, 0.15) is 52.0 Å². The molecular weight excluding hydrogens is 460 g/mol. The molecular formula is C24H27F2N5O2S. The number of hydrogen-bond donors (Lipinski definition) is 1. The van der Waals surface area contributed by atoms with Gasteiger partial charge in [0.25, 0.3) is 5.91 Å². The molecule has 2 aliphatic rings. The van der Waals surface area contributed by atoms with Crippen LogP contribution in [0, 0.1) is 12.8 Å². The molecule has 0 saturated heterocycles. The number of nitrogens with zero attached hydrogens (tertiary/aromatic N) is 4. The molecule has 0 radical (unpaired) electrons. The number of amides is 1. The second-order valence-corrected chi connectivity index (χ2v) is 10.1. The SMILES string of the molecule is COc1cc2c(cn1)CCN(C(=O)c1sc3ncnc(NCC4CCC(F)(F)CC4)c3c1C)C2. The first-order valence-electron chi connectivity index (χ1n) is 11.5. The number of carbonyl (C=O) groups excluding carboxylic acids is 1. The average molecular weight is 488 g/mol. The zero-order valence-corrected chi connectivity index (χ0v) is 20.1. The molecule has 1 aliphatic heterocycles. The Hall–Kier alpha value is -2.88. The number of alkyl halides is 2. The van der Waals surface area contributed by atoms with Crippen molar-refractivity contribution in [3.63, 3.8) is 0 Å². The molecule has 1 amide bonds. The van der Waals surface area contributed by atoms with E-state index in [1.165, 1.54) is 17.7 Å². The van der Waals surface area contributed by atoms with Gasteiger partial charge in [0.1, 0.15) is 17.0 Å². The minimum Gasteiger partial charge on any atom is -0.481 e. The zero-order chi connectivity index (χ0) is 23.9. The minimum atomic E-state index is -2.53. The van der Waals surface area contributed by atoms with E-state index in [0.29, 0.717) is 49.1 Å². The summed E-state index contributed by atoms with van der Waals surface area (Å²) in [4.78, 5) is 29.8. The van der Waals surface area contributed by atoms with Crippen molar-refractivity contribution in [1.29, 1.82) is 0 Å². The van der Waals surface area contributed by atoms with Crippen molar-refractivity contribution in [2.24, 2.45) is 5.92 Å². The third kappa shape index (κ3) is 4.43. The predicted octanol–water partition coefficient (Wildman–Crippen LogP) is 4.84. The van der Waals surface area contributed by atoms with E-state index in [0.717, 1.165) is 33.3 Å². The highest BCUT2D eigenvalue weighted by atomic mass is 32.1. The van der Waals surface area contributed by atoms with Crippen LogP contribution in [-0.4, -0.2) is 51.9 Å². The average Bonchev–Trinajstić information content (AvgIpc) is 3.19. The van der Waals surface area contributed by atoms with E-state index in [1.54, 1.807) is 7.11 Å². The molecule has 3 aromatic rings. The van der Waals surface area contributed by atoms with Crippen molar-refractivity contribution in [2.45, 2.75) is 51.5 Å². The lowest BCUT2D eigenvalue weighted by Crippen LogP contribution is -2.36. The second-order valence-electron chi connectivity index (χ2n) is 9.11. The van der Waals surface area contributed by atoms with Gasteiger partial charge in [0.05, 0.1) is 17.4 Å². The lowest BCUT2D eigenvalue weighted by molar-refractivity contribution is -0.0443. The monoisotopic (exact) mass is 487 g/mol. The lowest BCUT2D eigenvalue weighted by Gasteiger charge is -2.28. The van der Waals surface area contributed by atoms with Gasteiger partial charge in [-0.3, -0.25) is 4.79 Å². The number of aromatic nitrogens is 3. The minimum absolute atomic E-state index is 0.0256. The number of nitrogens with one attached hydrogen (secondary N) is 1. The fourth-order valence-electron chi connectivity index (χ4n) is 4.80. The van der Waals surface area contributed by atoms with E-state index in [1.807, 2.05) is 24.1 Å². The molecule has 1 aliphatic carbocycles. The number of aryl methyl sites for hydroxylation is 1. The topological polar surface area (TPSA) is 80.2 Å². The standard InChI is InChI=1S/C24H27F2N5O2S/c1-14-19-21(28-10-15-3-6-24(25,26)7-4-15)29-13-30-22(19)34-20(14)23(32)31-8-5-16-11-27-18(33-2)9-17(16)12-31/h9,11,13,15H,3-8,10,12H2,1-2H3,(H,28,29,30). The maximum Gasteiger partial charge on any atom is 0.264 e. The van der Waals surface area contributed by atoms with Crippen LogP contribution in [0.2, 0.25) is 0 Å². The van der Waals surface area contributed by atoms with Gasteiger partial charge in [-0.15, -0.1) is 11.3 Å².